The van der Waals surface area contributed by atoms with Gasteiger partial charge in [-0.05, 0) is 44.9 Å². The summed E-state index contributed by atoms with van der Waals surface area (Å²) in [6.45, 7) is 6.78. The molecule has 1 aromatic heterocycles. The highest BCUT2D eigenvalue weighted by atomic mass is 32.1. The molecule has 0 saturated carbocycles. The van der Waals surface area contributed by atoms with Crippen LogP contribution in [0.25, 0.3) is 15.8 Å². The van der Waals surface area contributed by atoms with Crippen LogP contribution in [0.2, 0.25) is 0 Å². The Hall–Kier alpha value is -2.08. The maximum absolute atomic E-state index is 12.1. The normalized spacial score (nSPS) is 15.6. The van der Waals surface area contributed by atoms with Crippen LogP contribution >= 0.6 is 11.3 Å². The fraction of sp³-hybridized carbons (Fsp3) is 0.412. The van der Waals surface area contributed by atoms with Crippen molar-refractivity contribution in [2.75, 3.05) is 18.8 Å². The summed E-state index contributed by atoms with van der Waals surface area (Å²) in [5.41, 5.74) is 11.4. The van der Waals surface area contributed by atoms with Crippen LogP contribution in [0.3, 0.4) is 0 Å². The fourth-order valence-electron chi connectivity index (χ4n) is 2.67. The molecular formula is C17H21N3O2S. The highest BCUT2D eigenvalue weighted by Gasteiger charge is 2.25. The molecule has 0 radical (unpaired) electrons. The summed E-state index contributed by atoms with van der Waals surface area (Å²) in [4.78, 5) is 18.3. The number of nitrogen functional groups attached to an aromatic ring is 1. The van der Waals surface area contributed by atoms with E-state index in [0.717, 1.165) is 33.5 Å². The van der Waals surface area contributed by atoms with E-state index in [2.05, 4.69) is 11.1 Å². The van der Waals surface area contributed by atoms with Crippen LogP contribution in [-0.4, -0.2) is 34.7 Å². The Labute approximate surface area is 139 Å². The zero-order valence-corrected chi connectivity index (χ0v) is 14.4. The lowest BCUT2D eigenvalue weighted by atomic mass is 9.97. The predicted octanol–water partition coefficient (Wildman–Crippen LogP) is 3.90. The molecule has 0 saturated heterocycles. The molecule has 2 aromatic rings. The SMILES string of the molecule is CC(C)(C)OC(=O)N1CC=C(c2c(N)ccc3scnc23)CC1. The van der Waals surface area contributed by atoms with E-state index in [4.69, 9.17) is 10.5 Å². The minimum absolute atomic E-state index is 0.271. The fourth-order valence-corrected chi connectivity index (χ4v) is 3.36. The van der Waals surface area contributed by atoms with Gasteiger partial charge < -0.3 is 15.4 Å². The molecule has 0 atom stereocenters. The molecule has 23 heavy (non-hydrogen) atoms. The predicted molar refractivity (Wildman–Crippen MR) is 94.4 cm³/mol. The maximum atomic E-state index is 12.1. The zero-order chi connectivity index (χ0) is 16.6. The molecular weight excluding hydrogens is 310 g/mol. The van der Waals surface area contributed by atoms with E-state index in [0.29, 0.717) is 13.1 Å². The second kappa shape index (κ2) is 5.85. The van der Waals surface area contributed by atoms with Crippen LogP contribution < -0.4 is 5.73 Å². The van der Waals surface area contributed by atoms with E-state index in [9.17, 15) is 4.79 Å². The van der Waals surface area contributed by atoms with Gasteiger partial charge in [0.15, 0.2) is 0 Å². The maximum Gasteiger partial charge on any atom is 0.410 e. The lowest BCUT2D eigenvalue weighted by molar-refractivity contribution is 0.0270. The van der Waals surface area contributed by atoms with E-state index < -0.39 is 5.60 Å². The van der Waals surface area contributed by atoms with Crippen LogP contribution in [0.1, 0.15) is 32.8 Å². The lowest BCUT2D eigenvalue weighted by Crippen LogP contribution is -2.39. The van der Waals surface area contributed by atoms with Crippen LogP contribution in [-0.2, 0) is 4.74 Å². The summed E-state index contributed by atoms with van der Waals surface area (Å²) in [6.07, 6.45) is 2.53. The van der Waals surface area contributed by atoms with E-state index in [1.54, 1.807) is 16.2 Å². The number of carbonyl (C=O) groups excluding carboxylic acids is 1. The minimum atomic E-state index is -0.475. The van der Waals surface area contributed by atoms with Gasteiger partial charge >= 0.3 is 6.09 Å². The van der Waals surface area contributed by atoms with Crippen molar-refractivity contribution in [2.24, 2.45) is 0 Å². The Bertz CT molecular complexity index is 774. The highest BCUT2D eigenvalue weighted by Crippen LogP contribution is 2.34. The molecule has 3 rings (SSSR count). The largest absolute Gasteiger partial charge is 0.444 e. The number of aromatic nitrogens is 1. The number of hydrogen-bond acceptors (Lipinski definition) is 5. The molecule has 0 fully saturated rings. The minimum Gasteiger partial charge on any atom is -0.444 e. The third kappa shape index (κ3) is 3.32. The van der Waals surface area contributed by atoms with Gasteiger partial charge in [0.1, 0.15) is 5.60 Å². The average Bonchev–Trinajstić information content (AvgIpc) is 2.94. The first-order chi connectivity index (χ1) is 10.8. The van der Waals surface area contributed by atoms with Crippen molar-refractivity contribution in [3.8, 4) is 0 Å². The van der Waals surface area contributed by atoms with Gasteiger partial charge in [-0.2, -0.15) is 0 Å². The number of nitrogens with two attached hydrogens (primary N) is 1. The standard InChI is InChI=1S/C17H21N3O2S/c1-17(2,3)22-16(21)20-8-6-11(7-9-20)14-12(18)4-5-13-15(14)19-10-23-13/h4-6,10H,7-9,18H2,1-3H3. The number of carbonyl (C=O) groups is 1. The number of anilines is 1. The first-order valence-corrected chi connectivity index (χ1v) is 8.52. The molecule has 1 aliphatic rings. The molecule has 2 N–H and O–H groups in total. The molecule has 1 aromatic carbocycles. The second-order valence-corrected chi connectivity index (χ2v) is 7.52. The summed E-state index contributed by atoms with van der Waals surface area (Å²) in [6, 6.07) is 3.93. The van der Waals surface area contributed by atoms with Gasteiger partial charge in [-0.3, -0.25) is 0 Å². The lowest BCUT2D eigenvalue weighted by Gasteiger charge is -2.29. The Morgan fingerprint density at radius 1 is 1.39 bits per heavy atom. The third-order valence-corrected chi connectivity index (χ3v) is 4.51. The number of nitrogens with zero attached hydrogens (tertiary/aromatic N) is 2. The molecule has 122 valence electrons. The van der Waals surface area contributed by atoms with Gasteiger partial charge in [0.05, 0.1) is 15.7 Å². The molecule has 5 nitrogen and oxygen atoms in total. The van der Waals surface area contributed by atoms with Crippen molar-refractivity contribution >= 4 is 38.9 Å². The number of rotatable bonds is 1. The highest BCUT2D eigenvalue weighted by molar-refractivity contribution is 7.16. The third-order valence-electron chi connectivity index (χ3n) is 3.72. The number of amides is 1. The van der Waals surface area contributed by atoms with Crippen LogP contribution in [0.5, 0.6) is 0 Å². The van der Waals surface area contributed by atoms with Gasteiger partial charge in [0.25, 0.3) is 0 Å². The molecule has 0 bridgehead atoms. The van der Waals surface area contributed by atoms with E-state index in [1.807, 2.05) is 38.4 Å². The molecule has 6 heteroatoms. The number of ether oxygens (including phenoxy) is 1. The van der Waals surface area contributed by atoms with Gasteiger partial charge in [0.2, 0.25) is 0 Å². The molecule has 1 amide bonds. The molecule has 0 unspecified atom stereocenters. The molecule has 0 spiro atoms. The van der Waals surface area contributed by atoms with E-state index >= 15 is 0 Å². The topological polar surface area (TPSA) is 68.5 Å². The summed E-state index contributed by atoms with van der Waals surface area (Å²) in [5, 5.41) is 0. The van der Waals surface area contributed by atoms with Crippen LogP contribution in [0.15, 0.2) is 23.7 Å². The van der Waals surface area contributed by atoms with Crippen molar-refractivity contribution in [3.05, 3.63) is 29.3 Å². The zero-order valence-electron chi connectivity index (χ0n) is 13.6. The number of benzene rings is 1. The van der Waals surface area contributed by atoms with Crippen LogP contribution in [0.4, 0.5) is 10.5 Å². The van der Waals surface area contributed by atoms with Gasteiger partial charge in [-0.1, -0.05) is 6.08 Å². The smallest absolute Gasteiger partial charge is 0.410 e. The number of fused-ring (bicyclic) bond motifs is 1. The Kier molecular flexibility index (Phi) is 4.02. The van der Waals surface area contributed by atoms with E-state index in [-0.39, 0.29) is 6.09 Å². The van der Waals surface area contributed by atoms with Crippen molar-refractivity contribution in [2.45, 2.75) is 32.8 Å². The van der Waals surface area contributed by atoms with Crippen LogP contribution in [0, 0.1) is 0 Å². The van der Waals surface area contributed by atoms with Crippen molar-refractivity contribution in [1.29, 1.82) is 0 Å². The number of thiazole rings is 1. The summed E-state index contributed by atoms with van der Waals surface area (Å²) < 4.78 is 6.55. The summed E-state index contributed by atoms with van der Waals surface area (Å²) >= 11 is 1.61. The number of hydrogen-bond donors (Lipinski definition) is 1. The quantitative estimate of drug-likeness (QED) is 0.805. The Morgan fingerprint density at radius 2 is 2.17 bits per heavy atom. The Balaban J connectivity index is 1.82. The monoisotopic (exact) mass is 331 g/mol. The van der Waals surface area contributed by atoms with Gasteiger partial charge in [-0.25, -0.2) is 9.78 Å². The Morgan fingerprint density at radius 3 is 2.83 bits per heavy atom. The average molecular weight is 331 g/mol. The summed E-state index contributed by atoms with van der Waals surface area (Å²) in [5.74, 6) is 0. The molecule has 0 aliphatic carbocycles. The van der Waals surface area contributed by atoms with Crippen molar-refractivity contribution < 1.29 is 9.53 Å². The van der Waals surface area contributed by atoms with Crippen molar-refractivity contribution in [1.82, 2.24) is 9.88 Å². The molecule has 1 aliphatic heterocycles. The van der Waals surface area contributed by atoms with Gasteiger partial charge in [-0.15, -0.1) is 11.3 Å². The second-order valence-electron chi connectivity index (χ2n) is 6.63. The van der Waals surface area contributed by atoms with E-state index in [1.165, 1.54) is 0 Å². The molecule has 2 heterocycles. The first-order valence-electron chi connectivity index (χ1n) is 7.64. The van der Waals surface area contributed by atoms with Crippen molar-refractivity contribution in [3.63, 3.8) is 0 Å². The summed E-state index contributed by atoms with van der Waals surface area (Å²) in [7, 11) is 0. The van der Waals surface area contributed by atoms with Gasteiger partial charge in [0, 0.05) is 24.3 Å². The first kappa shape index (κ1) is 15.8.